The van der Waals surface area contributed by atoms with E-state index in [1.807, 2.05) is 40.6 Å². The summed E-state index contributed by atoms with van der Waals surface area (Å²) in [4.78, 5) is 35.3. The van der Waals surface area contributed by atoms with E-state index in [1.54, 1.807) is 0 Å². The second-order valence-corrected chi connectivity index (χ2v) is 9.13. The first kappa shape index (κ1) is 20.2. The summed E-state index contributed by atoms with van der Waals surface area (Å²) in [6.07, 6.45) is 3.93. The fourth-order valence-corrected chi connectivity index (χ4v) is 5.34. The number of fused-ring (bicyclic) bond motifs is 1. The van der Waals surface area contributed by atoms with Crippen LogP contribution in [0.3, 0.4) is 0 Å². The van der Waals surface area contributed by atoms with Gasteiger partial charge in [0.1, 0.15) is 4.70 Å². The number of hydrogen-bond donors (Lipinski definition) is 2. The largest absolute Gasteiger partial charge is 0.376 e. The topological polar surface area (TPSA) is 87.3 Å². The van der Waals surface area contributed by atoms with Crippen molar-refractivity contribution in [3.8, 4) is 11.1 Å². The van der Waals surface area contributed by atoms with Gasteiger partial charge in [0.15, 0.2) is 0 Å². The Balaban J connectivity index is 1.36. The molecule has 5 rings (SSSR count). The van der Waals surface area contributed by atoms with Crippen LogP contribution in [-0.2, 0) is 9.53 Å². The maximum atomic E-state index is 12.7. The molecule has 0 bridgehead atoms. The Morgan fingerprint density at radius 1 is 1.26 bits per heavy atom. The number of carbonyl (C=O) groups excluding carboxylic acids is 1. The van der Waals surface area contributed by atoms with E-state index in [9.17, 15) is 9.59 Å². The monoisotopic (exact) mass is 438 g/mol. The number of piperidine rings is 1. The first-order chi connectivity index (χ1) is 15.2. The lowest BCUT2D eigenvalue weighted by molar-refractivity contribution is -0.125. The molecule has 2 aliphatic rings. The molecule has 1 amide bonds. The minimum Gasteiger partial charge on any atom is -0.376 e. The van der Waals surface area contributed by atoms with Gasteiger partial charge in [-0.3, -0.25) is 14.6 Å². The molecule has 0 saturated carbocycles. The van der Waals surface area contributed by atoms with E-state index in [1.165, 1.54) is 11.3 Å². The fourth-order valence-electron chi connectivity index (χ4n) is 4.44. The van der Waals surface area contributed by atoms with Gasteiger partial charge >= 0.3 is 0 Å². The van der Waals surface area contributed by atoms with Gasteiger partial charge in [0.2, 0.25) is 11.9 Å². The van der Waals surface area contributed by atoms with Crippen molar-refractivity contribution >= 4 is 33.4 Å². The molecule has 2 saturated heterocycles. The van der Waals surface area contributed by atoms with Crippen molar-refractivity contribution < 1.29 is 9.53 Å². The SMILES string of the molecule is O=C(NC[C@H]1CCCO1)[C@H]1CCCN(c2nc3c(-c4ccccc4)csc3c(=O)[nH]2)C1. The van der Waals surface area contributed by atoms with Crippen LogP contribution in [0.5, 0.6) is 0 Å². The minimum atomic E-state index is -0.128. The number of aromatic amines is 1. The van der Waals surface area contributed by atoms with Crippen LogP contribution in [-0.4, -0.2) is 48.2 Å². The van der Waals surface area contributed by atoms with Gasteiger partial charge < -0.3 is 15.0 Å². The third-order valence-corrected chi connectivity index (χ3v) is 7.09. The number of nitrogens with zero attached hydrogens (tertiary/aromatic N) is 2. The quantitative estimate of drug-likeness (QED) is 0.639. The number of amides is 1. The molecule has 8 heteroatoms. The average molecular weight is 439 g/mol. The molecule has 7 nitrogen and oxygen atoms in total. The molecule has 2 aliphatic heterocycles. The van der Waals surface area contributed by atoms with Crippen molar-refractivity contribution in [3.05, 3.63) is 46.1 Å². The molecule has 2 atom stereocenters. The highest BCUT2D eigenvalue weighted by Crippen LogP contribution is 2.32. The molecule has 0 radical (unpaired) electrons. The zero-order valence-corrected chi connectivity index (χ0v) is 18.1. The molecule has 31 heavy (non-hydrogen) atoms. The maximum absolute atomic E-state index is 12.7. The predicted molar refractivity (Wildman–Crippen MR) is 123 cm³/mol. The van der Waals surface area contributed by atoms with Crippen molar-refractivity contribution in [3.63, 3.8) is 0 Å². The zero-order valence-electron chi connectivity index (χ0n) is 17.3. The van der Waals surface area contributed by atoms with E-state index >= 15 is 0 Å². The van der Waals surface area contributed by atoms with Gasteiger partial charge in [-0.15, -0.1) is 11.3 Å². The second kappa shape index (κ2) is 8.80. The molecule has 3 aromatic rings. The Kier molecular flexibility index (Phi) is 5.74. The standard InChI is InChI=1S/C23H26N4O3S/c28-21(24-12-17-9-5-11-30-17)16-8-4-10-27(13-16)23-25-19-18(15-6-2-1-3-7-15)14-31-20(19)22(29)26-23/h1-3,6-7,14,16-17H,4-5,8-13H2,(H,24,28)(H,25,26,29)/t16-,17+/m0/s1. The molecular formula is C23H26N4O3S. The van der Waals surface area contributed by atoms with Crippen LogP contribution in [0, 0.1) is 5.92 Å². The summed E-state index contributed by atoms with van der Waals surface area (Å²) in [7, 11) is 0. The van der Waals surface area contributed by atoms with Crippen LogP contribution in [0.2, 0.25) is 0 Å². The van der Waals surface area contributed by atoms with Crippen molar-refractivity contribution in [1.82, 2.24) is 15.3 Å². The number of benzene rings is 1. The van der Waals surface area contributed by atoms with Gasteiger partial charge in [0.25, 0.3) is 5.56 Å². The van der Waals surface area contributed by atoms with E-state index in [0.29, 0.717) is 23.7 Å². The lowest BCUT2D eigenvalue weighted by Crippen LogP contribution is -2.45. The van der Waals surface area contributed by atoms with Crippen molar-refractivity contribution in [1.29, 1.82) is 0 Å². The van der Waals surface area contributed by atoms with Gasteiger partial charge in [0.05, 0.1) is 17.5 Å². The molecule has 2 aromatic heterocycles. The molecule has 0 unspecified atom stereocenters. The van der Waals surface area contributed by atoms with Gasteiger partial charge in [-0.25, -0.2) is 4.98 Å². The number of nitrogens with one attached hydrogen (secondary N) is 2. The maximum Gasteiger partial charge on any atom is 0.270 e. The van der Waals surface area contributed by atoms with E-state index < -0.39 is 0 Å². The summed E-state index contributed by atoms with van der Waals surface area (Å²) in [6, 6.07) is 9.99. The second-order valence-electron chi connectivity index (χ2n) is 8.25. The van der Waals surface area contributed by atoms with Gasteiger partial charge in [-0.1, -0.05) is 30.3 Å². The fraction of sp³-hybridized carbons (Fsp3) is 0.435. The number of aromatic nitrogens is 2. The Labute approximate surface area is 184 Å². The van der Waals surface area contributed by atoms with Crippen molar-refractivity contribution in [2.24, 2.45) is 5.92 Å². The first-order valence-electron chi connectivity index (χ1n) is 10.9. The lowest BCUT2D eigenvalue weighted by atomic mass is 9.97. The van der Waals surface area contributed by atoms with E-state index in [-0.39, 0.29) is 23.5 Å². The normalized spacial score (nSPS) is 21.5. The third-order valence-electron chi connectivity index (χ3n) is 6.12. The number of ether oxygens (including phenoxy) is 1. The van der Waals surface area contributed by atoms with Gasteiger partial charge in [0, 0.05) is 37.2 Å². The number of thiophene rings is 1. The van der Waals surface area contributed by atoms with Crippen LogP contribution in [0.15, 0.2) is 40.5 Å². The van der Waals surface area contributed by atoms with Crippen molar-refractivity contribution in [2.45, 2.75) is 31.8 Å². The molecule has 4 heterocycles. The summed E-state index contributed by atoms with van der Waals surface area (Å²) in [5.41, 5.74) is 2.61. The van der Waals surface area contributed by atoms with E-state index in [2.05, 4.69) is 10.3 Å². The molecule has 0 aliphatic carbocycles. The van der Waals surface area contributed by atoms with Crippen molar-refractivity contribution in [2.75, 3.05) is 31.1 Å². The lowest BCUT2D eigenvalue weighted by Gasteiger charge is -2.32. The highest BCUT2D eigenvalue weighted by molar-refractivity contribution is 7.17. The number of carbonyl (C=O) groups is 1. The Morgan fingerprint density at radius 3 is 2.94 bits per heavy atom. The van der Waals surface area contributed by atoms with E-state index in [4.69, 9.17) is 9.72 Å². The molecular weight excluding hydrogens is 412 g/mol. The van der Waals surface area contributed by atoms with Gasteiger partial charge in [-0.2, -0.15) is 0 Å². The summed E-state index contributed by atoms with van der Waals surface area (Å²) in [6.45, 7) is 2.68. The first-order valence-corrected chi connectivity index (χ1v) is 11.8. The third kappa shape index (κ3) is 4.22. The Hall–Kier alpha value is -2.71. The van der Waals surface area contributed by atoms with Crippen LogP contribution in [0.25, 0.3) is 21.3 Å². The summed E-state index contributed by atoms with van der Waals surface area (Å²) in [5.74, 6) is 0.487. The van der Waals surface area contributed by atoms with Crippen LogP contribution in [0.4, 0.5) is 5.95 Å². The minimum absolute atomic E-state index is 0.0594. The molecule has 2 fully saturated rings. The molecule has 162 valence electrons. The number of hydrogen-bond acceptors (Lipinski definition) is 6. The van der Waals surface area contributed by atoms with E-state index in [0.717, 1.165) is 55.5 Å². The highest BCUT2D eigenvalue weighted by atomic mass is 32.1. The van der Waals surface area contributed by atoms with Crippen LogP contribution >= 0.6 is 11.3 Å². The average Bonchev–Trinajstić information content (AvgIpc) is 3.48. The Bertz CT molecular complexity index is 1120. The predicted octanol–water partition coefficient (Wildman–Crippen LogP) is 3.16. The molecule has 0 spiro atoms. The molecule has 1 aromatic carbocycles. The van der Waals surface area contributed by atoms with Crippen LogP contribution < -0.4 is 15.8 Å². The summed E-state index contributed by atoms with van der Waals surface area (Å²) < 4.78 is 6.23. The summed E-state index contributed by atoms with van der Waals surface area (Å²) in [5, 5.41) is 5.04. The van der Waals surface area contributed by atoms with Crippen LogP contribution in [0.1, 0.15) is 25.7 Å². The number of rotatable bonds is 5. The smallest absolute Gasteiger partial charge is 0.270 e. The number of anilines is 1. The zero-order chi connectivity index (χ0) is 21.2. The Morgan fingerprint density at radius 2 is 2.13 bits per heavy atom. The highest BCUT2D eigenvalue weighted by Gasteiger charge is 2.28. The summed E-state index contributed by atoms with van der Waals surface area (Å²) >= 11 is 1.41. The number of H-pyrrole nitrogens is 1. The molecule has 2 N–H and O–H groups in total. The van der Waals surface area contributed by atoms with Gasteiger partial charge in [-0.05, 0) is 31.2 Å².